The first-order chi connectivity index (χ1) is 10.5. The number of hydrogen-bond donors (Lipinski definition) is 3. The molecule has 6 nitrogen and oxygen atoms in total. The lowest BCUT2D eigenvalue weighted by Crippen LogP contribution is -2.49. The van der Waals surface area contributed by atoms with Crippen LogP contribution in [0.3, 0.4) is 0 Å². The maximum atomic E-state index is 12.3. The van der Waals surface area contributed by atoms with E-state index < -0.39 is 6.04 Å². The molecule has 130 valence electrons. The van der Waals surface area contributed by atoms with Crippen molar-refractivity contribution in [2.24, 2.45) is 0 Å². The predicted octanol–water partition coefficient (Wildman–Crippen LogP) is 0.888. The number of carbonyl (C=O) groups is 2. The lowest BCUT2D eigenvalue weighted by atomic mass is 10.0. The van der Waals surface area contributed by atoms with Crippen molar-refractivity contribution in [1.82, 2.24) is 16.0 Å². The van der Waals surface area contributed by atoms with Gasteiger partial charge >= 0.3 is 0 Å². The summed E-state index contributed by atoms with van der Waals surface area (Å²) in [4.78, 5) is 23.6. The molecule has 2 unspecified atom stereocenters. The van der Waals surface area contributed by atoms with E-state index in [2.05, 4.69) is 16.0 Å². The van der Waals surface area contributed by atoms with E-state index >= 15 is 0 Å². The van der Waals surface area contributed by atoms with Gasteiger partial charge in [0.25, 0.3) is 0 Å². The van der Waals surface area contributed by atoms with Gasteiger partial charge in [-0.3, -0.25) is 9.59 Å². The molecule has 0 saturated heterocycles. The maximum absolute atomic E-state index is 12.3. The highest BCUT2D eigenvalue weighted by atomic mass is 35.5. The average Bonchev–Trinajstić information content (AvgIpc) is 2.51. The SMILES string of the molecule is CNC(C)CNC(=O)C(Cc1cccc(OC)c1)NC(C)=O.Cl. The summed E-state index contributed by atoms with van der Waals surface area (Å²) in [5, 5.41) is 8.58. The molecule has 1 aromatic rings. The highest BCUT2D eigenvalue weighted by molar-refractivity contribution is 5.87. The molecule has 2 amide bonds. The summed E-state index contributed by atoms with van der Waals surface area (Å²) < 4.78 is 5.18. The van der Waals surface area contributed by atoms with Crippen LogP contribution in [0.25, 0.3) is 0 Å². The molecule has 0 bridgehead atoms. The molecule has 1 rings (SSSR count). The molecule has 0 aliphatic heterocycles. The third-order valence-corrected chi connectivity index (χ3v) is 3.34. The summed E-state index contributed by atoms with van der Waals surface area (Å²) >= 11 is 0. The van der Waals surface area contributed by atoms with E-state index in [1.807, 2.05) is 38.2 Å². The highest BCUT2D eigenvalue weighted by Gasteiger charge is 2.20. The summed E-state index contributed by atoms with van der Waals surface area (Å²) in [7, 11) is 3.43. The first-order valence-corrected chi connectivity index (χ1v) is 7.31. The fourth-order valence-corrected chi connectivity index (χ4v) is 1.97. The third kappa shape index (κ3) is 7.85. The molecule has 7 heteroatoms. The Kier molecular flexibility index (Phi) is 10.0. The highest BCUT2D eigenvalue weighted by Crippen LogP contribution is 2.14. The molecule has 23 heavy (non-hydrogen) atoms. The Bertz CT molecular complexity index is 511. The van der Waals surface area contributed by atoms with Crippen LogP contribution in [-0.2, 0) is 16.0 Å². The van der Waals surface area contributed by atoms with Crippen molar-refractivity contribution in [2.75, 3.05) is 20.7 Å². The minimum atomic E-state index is -0.603. The number of likely N-dealkylation sites (N-methyl/N-ethyl adjacent to an activating group) is 1. The monoisotopic (exact) mass is 343 g/mol. The Balaban J connectivity index is 0.00000484. The molecule has 0 spiro atoms. The Morgan fingerprint density at radius 3 is 2.57 bits per heavy atom. The standard InChI is InChI=1S/C16H25N3O3.ClH/c1-11(17-3)10-18-16(21)15(19-12(2)20)9-13-6-5-7-14(8-13)22-4;/h5-8,11,15,17H,9-10H2,1-4H3,(H,18,21)(H,19,20);1H. The van der Waals surface area contributed by atoms with Gasteiger partial charge in [0.05, 0.1) is 7.11 Å². The van der Waals surface area contributed by atoms with E-state index in [1.54, 1.807) is 7.11 Å². The molecule has 0 fully saturated rings. The van der Waals surface area contributed by atoms with E-state index in [0.717, 1.165) is 11.3 Å². The molecule has 0 radical (unpaired) electrons. The largest absolute Gasteiger partial charge is 0.497 e. The Morgan fingerprint density at radius 2 is 2.00 bits per heavy atom. The van der Waals surface area contributed by atoms with Gasteiger partial charge in [-0.1, -0.05) is 12.1 Å². The molecule has 0 aromatic heterocycles. The minimum absolute atomic E-state index is 0. The van der Waals surface area contributed by atoms with Crippen LogP contribution in [0, 0.1) is 0 Å². The molecule has 3 N–H and O–H groups in total. The summed E-state index contributed by atoms with van der Waals surface area (Å²) in [5.41, 5.74) is 0.926. The molecule has 0 heterocycles. The van der Waals surface area contributed by atoms with Crippen molar-refractivity contribution in [3.05, 3.63) is 29.8 Å². The van der Waals surface area contributed by atoms with E-state index in [1.165, 1.54) is 6.92 Å². The van der Waals surface area contributed by atoms with Gasteiger partial charge in [-0.2, -0.15) is 0 Å². The van der Waals surface area contributed by atoms with Gasteiger partial charge in [0.2, 0.25) is 11.8 Å². The van der Waals surface area contributed by atoms with E-state index in [4.69, 9.17) is 4.74 Å². The number of carbonyl (C=O) groups excluding carboxylic acids is 2. The van der Waals surface area contributed by atoms with Crippen molar-refractivity contribution >= 4 is 24.2 Å². The number of benzene rings is 1. The number of nitrogens with one attached hydrogen (secondary N) is 3. The zero-order valence-corrected chi connectivity index (χ0v) is 14.8. The van der Waals surface area contributed by atoms with Gasteiger partial charge in [0.1, 0.15) is 11.8 Å². The van der Waals surface area contributed by atoms with Crippen LogP contribution in [0.15, 0.2) is 24.3 Å². The zero-order chi connectivity index (χ0) is 16.5. The summed E-state index contributed by atoms with van der Waals surface area (Å²) in [6, 6.07) is 7.03. The van der Waals surface area contributed by atoms with Gasteiger partial charge in [0.15, 0.2) is 0 Å². The van der Waals surface area contributed by atoms with Gasteiger partial charge < -0.3 is 20.7 Å². The normalized spacial score (nSPS) is 12.5. The molecule has 0 aliphatic rings. The fraction of sp³-hybridized carbons (Fsp3) is 0.500. The second-order valence-corrected chi connectivity index (χ2v) is 5.24. The van der Waals surface area contributed by atoms with Crippen molar-refractivity contribution < 1.29 is 14.3 Å². The summed E-state index contributed by atoms with van der Waals surface area (Å²) in [5.74, 6) is 0.299. The average molecular weight is 344 g/mol. The van der Waals surface area contributed by atoms with Crippen LogP contribution in [0.2, 0.25) is 0 Å². The van der Waals surface area contributed by atoms with Crippen LogP contribution >= 0.6 is 12.4 Å². The lowest BCUT2D eigenvalue weighted by molar-refractivity contribution is -0.128. The van der Waals surface area contributed by atoms with Crippen LogP contribution < -0.4 is 20.7 Å². The lowest BCUT2D eigenvalue weighted by Gasteiger charge is -2.19. The van der Waals surface area contributed by atoms with Crippen LogP contribution in [0.5, 0.6) is 5.75 Å². The van der Waals surface area contributed by atoms with Crippen molar-refractivity contribution in [1.29, 1.82) is 0 Å². The maximum Gasteiger partial charge on any atom is 0.242 e. The first kappa shape index (κ1) is 21.2. The molecule has 1 aromatic carbocycles. The van der Waals surface area contributed by atoms with Crippen molar-refractivity contribution in [3.8, 4) is 5.75 Å². The molecule has 0 aliphatic carbocycles. The number of ether oxygens (including phenoxy) is 1. The van der Waals surface area contributed by atoms with E-state index in [0.29, 0.717) is 13.0 Å². The zero-order valence-electron chi connectivity index (χ0n) is 14.0. The summed E-state index contributed by atoms with van der Waals surface area (Å²) in [6.07, 6.45) is 0.413. The Hall–Kier alpha value is -1.79. The number of amides is 2. The number of methoxy groups -OCH3 is 1. The van der Waals surface area contributed by atoms with E-state index in [-0.39, 0.29) is 30.3 Å². The number of halogens is 1. The second kappa shape index (κ2) is 10.9. The summed E-state index contributed by atoms with van der Waals surface area (Å²) in [6.45, 7) is 3.88. The van der Waals surface area contributed by atoms with E-state index in [9.17, 15) is 9.59 Å². The van der Waals surface area contributed by atoms with Gasteiger partial charge in [-0.25, -0.2) is 0 Å². The Morgan fingerprint density at radius 1 is 1.30 bits per heavy atom. The van der Waals surface area contributed by atoms with Crippen LogP contribution in [0.4, 0.5) is 0 Å². The second-order valence-electron chi connectivity index (χ2n) is 5.24. The topological polar surface area (TPSA) is 79.5 Å². The first-order valence-electron chi connectivity index (χ1n) is 7.31. The Labute approximate surface area is 143 Å². The van der Waals surface area contributed by atoms with Crippen molar-refractivity contribution in [3.63, 3.8) is 0 Å². The predicted molar refractivity (Wildman–Crippen MR) is 93.1 cm³/mol. The molecule has 0 saturated carbocycles. The van der Waals surface area contributed by atoms with Crippen LogP contribution in [-0.4, -0.2) is 44.6 Å². The van der Waals surface area contributed by atoms with Gasteiger partial charge in [0, 0.05) is 25.9 Å². The number of rotatable bonds is 8. The van der Waals surface area contributed by atoms with Crippen molar-refractivity contribution in [2.45, 2.75) is 32.4 Å². The third-order valence-electron chi connectivity index (χ3n) is 3.34. The van der Waals surface area contributed by atoms with Gasteiger partial charge in [-0.05, 0) is 31.7 Å². The molecular formula is C16H26ClN3O3. The van der Waals surface area contributed by atoms with Crippen LogP contribution in [0.1, 0.15) is 19.4 Å². The quantitative estimate of drug-likeness (QED) is 0.655. The van der Waals surface area contributed by atoms with Gasteiger partial charge in [-0.15, -0.1) is 12.4 Å². The fourth-order valence-electron chi connectivity index (χ4n) is 1.97. The molecule has 2 atom stereocenters. The number of hydrogen-bond acceptors (Lipinski definition) is 4. The minimum Gasteiger partial charge on any atom is -0.497 e. The molecular weight excluding hydrogens is 318 g/mol. The smallest absolute Gasteiger partial charge is 0.242 e.